The normalized spacial score (nSPS) is 11.3. The van der Waals surface area contributed by atoms with Gasteiger partial charge in [-0.25, -0.2) is 0 Å². The van der Waals surface area contributed by atoms with Crippen molar-refractivity contribution in [2.45, 2.75) is 19.5 Å². The van der Waals surface area contributed by atoms with E-state index in [1.54, 1.807) is 0 Å². The summed E-state index contributed by atoms with van der Waals surface area (Å²) < 4.78 is 44.7. The van der Waals surface area contributed by atoms with E-state index in [9.17, 15) is 18.0 Å². The summed E-state index contributed by atoms with van der Waals surface area (Å²) in [6.07, 6.45) is -4.16. The van der Waals surface area contributed by atoms with Crippen molar-refractivity contribution in [1.29, 1.82) is 0 Å². The molecule has 0 aliphatic carbocycles. The van der Waals surface area contributed by atoms with Crippen LogP contribution in [-0.2, 0) is 12.6 Å². The van der Waals surface area contributed by atoms with Crippen LogP contribution in [0.15, 0.2) is 48.5 Å². The standard InChI is InChI=1S/C19H16F3N3O2S/c1-12-5-4-6-13(11-12)27-10-9-16-24-25-18(28-16)23-17(26)14-7-2-3-8-15(14)19(20,21)22/h2-8,11H,9-10H2,1H3,(H,23,25,26). The van der Waals surface area contributed by atoms with Crippen molar-refractivity contribution >= 4 is 22.4 Å². The van der Waals surface area contributed by atoms with Crippen molar-refractivity contribution < 1.29 is 22.7 Å². The Morgan fingerprint density at radius 1 is 1.14 bits per heavy atom. The van der Waals surface area contributed by atoms with E-state index >= 15 is 0 Å². The highest BCUT2D eigenvalue weighted by molar-refractivity contribution is 7.15. The van der Waals surface area contributed by atoms with Gasteiger partial charge in [-0.3, -0.25) is 10.1 Å². The molecule has 0 spiro atoms. The molecule has 9 heteroatoms. The first-order valence-electron chi connectivity index (χ1n) is 8.32. The Morgan fingerprint density at radius 2 is 1.93 bits per heavy atom. The summed E-state index contributed by atoms with van der Waals surface area (Å²) in [6, 6.07) is 12.2. The van der Waals surface area contributed by atoms with E-state index in [2.05, 4.69) is 15.5 Å². The smallest absolute Gasteiger partial charge is 0.417 e. The summed E-state index contributed by atoms with van der Waals surface area (Å²) in [7, 11) is 0. The Bertz CT molecular complexity index is 973. The number of carbonyl (C=O) groups is 1. The minimum absolute atomic E-state index is 0.132. The van der Waals surface area contributed by atoms with Gasteiger partial charge in [-0.15, -0.1) is 10.2 Å². The minimum Gasteiger partial charge on any atom is -0.493 e. The first-order chi connectivity index (χ1) is 13.3. The number of carbonyl (C=O) groups excluding carboxylic acids is 1. The van der Waals surface area contributed by atoms with Crippen molar-refractivity contribution in [3.63, 3.8) is 0 Å². The van der Waals surface area contributed by atoms with Crippen LogP contribution in [0.4, 0.5) is 18.3 Å². The Balaban J connectivity index is 1.60. The van der Waals surface area contributed by atoms with Gasteiger partial charge in [0.15, 0.2) is 0 Å². The van der Waals surface area contributed by atoms with Gasteiger partial charge in [-0.2, -0.15) is 13.2 Å². The van der Waals surface area contributed by atoms with Crippen LogP contribution in [0, 0.1) is 6.92 Å². The first-order valence-corrected chi connectivity index (χ1v) is 9.14. The van der Waals surface area contributed by atoms with Gasteiger partial charge in [0.05, 0.1) is 17.7 Å². The van der Waals surface area contributed by atoms with E-state index in [0.29, 0.717) is 18.0 Å². The average molecular weight is 407 g/mol. The highest BCUT2D eigenvalue weighted by atomic mass is 32.1. The largest absolute Gasteiger partial charge is 0.493 e. The van der Waals surface area contributed by atoms with Gasteiger partial charge >= 0.3 is 6.18 Å². The third kappa shape index (κ3) is 5.07. The average Bonchev–Trinajstić information content (AvgIpc) is 3.08. The van der Waals surface area contributed by atoms with Gasteiger partial charge in [0.2, 0.25) is 5.13 Å². The Morgan fingerprint density at radius 3 is 2.68 bits per heavy atom. The molecule has 0 atom stereocenters. The molecule has 0 aliphatic rings. The van der Waals surface area contributed by atoms with Crippen LogP contribution < -0.4 is 10.1 Å². The van der Waals surface area contributed by atoms with Crippen molar-refractivity contribution in [2.75, 3.05) is 11.9 Å². The fourth-order valence-corrected chi connectivity index (χ4v) is 3.17. The van der Waals surface area contributed by atoms with Crippen LogP contribution in [0.3, 0.4) is 0 Å². The lowest BCUT2D eigenvalue weighted by Crippen LogP contribution is -2.18. The number of anilines is 1. The van der Waals surface area contributed by atoms with E-state index in [-0.39, 0.29) is 5.13 Å². The molecule has 0 bridgehead atoms. The Kier molecular flexibility index (Phi) is 5.93. The number of halogens is 3. The molecule has 1 amide bonds. The molecule has 0 fully saturated rings. The van der Waals surface area contributed by atoms with Crippen molar-refractivity contribution in [2.24, 2.45) is 0 Å². The number of hydrogen-bond donors (Lipinski definition) is 1. The summed E-state index contributed by atoms with van der Waals surface area (Å²) in [5, 5.41) is 10.9. The highest BCUT2D eigenvalue weighted by Crippen LogP contribution is 2.32. The molecular formula is C19H16F3N3O2S. The second kappa shape index (κ2) is 8.39. The molecule has 0 aliphatic heterocycles. The molecular weight excluding hydrogens is 391 g/mol. The molecule has 1 N–H and O–H groups in total. The molecule has 3 rings (SSSR count). The van der Waals surface area contributed by atoms with Crippen LogP contribution >= 0.6 is 11.3 Å². The second-order valence-corrected chi connectivity index (χ2v) is 6.98. The summed E-state index contributed by atoms with van der Waals surface area (Å²) in [6.45, 7) is 2.33. The zero-order chi connectivity index (χ0) is 20.1. The summed E-state index contributed by atoms with van der Waals surface area (Å²) >= 11 is 1.09. The van der Waals surface area contributed by atoms with Crippen LogP contribution in [0.5, 0.6) is 5.75 Å². The zero-order valence-electron chi connectivity index (χ0n) is 14.8. The van der Waals surface area contributed by atoms with Crippen LogP contribution in [0.2, 0.25) is 0 Å². The number of alkyl halides is 3. The number of amides is 1. The van der Waals surface area contributed by atoms with E-state index in [1.165, 1.54) is 12.1 Å². The minimum atomic E-state index is -4.62. The monoisotopic (exact) mass is 407 g/mol. The zero-order valence-corrected chi connectivity index (χ0v) is 15.6. The third-order valence-electron chi connectivity index (χ3n) is 3.74. The van der Waals surface area contributed by atoms with Crippen LogP contribution in [0.25, 0.3) is 0 Å². The highest BCUT2D eigenvalue weighted by Gasteiger charge is 2.35. The summed E-state index contributed by atoms with van der Waals surface area (Å²) in [4.78, 5) is 12.2. The summed E-state index contributed by atoms with van der Waals surface area (Å²) in [5.41, 5.74) is -0.379. The van der Waals surface area contributed by atoms with E-state index in [4.69, 9.17) is 4.74 Å². The summed E-state index contributed by atoms with van der Waals surface area (Å²) in [5.74, 6) is -0.145. The number of nitrogens with one attached hydrogen (secondary N) is 1. The number of benzene rings is 2. The van der Waals surface area contributed by atoms with Crippen molar-refractivity contribution in [3.8, 4) is 5.75 Å². The molecule has 0 unspecified atom stereocenters. The Labute approximate surface area is 163 Å². The number of ether oxygens (including phenoxy) is 1. The van der Waals surface area contributed by atoms with Gasteiger partial charge in [-0.1, -0.05) is 35.6 Å². The molecule has 2 aromatic carbocycles. The van der Waals surface area contributed by atoms with Gasteiger partial charge in [0.25, 0.3) is 5.91 Å². The van der Waals surface area contributed by atoms with E-state index in [1.807, 2.05) is 31.2 Å². The predicted molar refractivity (Wildman–Crippen MR) is 99.7 cm³/mol. The predicted octanol–water partition coefficient (Wildman–Crippen LogP) is 4.74. The molecule has 1 aromatic heterocycles. The maximum atomic E-state index is 13.0. The number of nitrogens with zero attached hydrogens (tertiary/aromatic N) is 2. The van der Waals surface area contributed by atoms with Gasteiger partial charge in [0.1, 0.15) is 10.8 Å². The molecule has 146 valence electrons. The molecule has 5 nitrogen and oxygen atoms in total. The maximum Gasteiger partial charge on any atom is 0.417 e. The van der Waals surface area contributed by atoms with Gasteiger partial charge < -0.3 is 4.74 Å². The number of hydrogen-bond acceptors (Lipinski definition) is 5. The van der Waals surface area contributed by atoms with E-state index in [0.717, 1.165) is 34.8 Å². The molecule has 0 saturated heterocycles. The lowest BCUT2D eigenvalue weighted by atomic mass is 10.1. The van der Waals surface area contributed by atoms with E-state index < -0.39 is 23.2 Å². The maximum absolute atomic E-state index is 13.0. The van der Waals surface area contributed by atoms with Gasteiger partial charge in [-0.05, 0) is 36.8 Å². The lowest BCUT2D eigenvalue weighted by molar-refractivity contribution is -0.137. The Hall–Kier alpha value is -2.94. The fourth-order valence-electron chi connectivity index (χ4n) is 2.46. The van der Waals surface area contributed by atoms with Crippen LogP contribution in [0.1, 0.15) is 26.5 Å². The number of aromatic nitrogens is 2. The molecule has 28 heavy (non-hydrogen) atoms. The number of aryl methyl sites for hydroxylation is 1. The van der Waals surface area contributed by atoms with Crippen LogP contribution in [-0.4, -0.2) is 22.7 Å². The third-order valence-corrected chi connectivity index (χ3v) is 4.64. The lowest BCUT2D eigenvalue weighted by Gasteiger charge is -2.11. The van der Waals surface area contributed by atoms with Crippen molar-refractivity contribution in [1.82, 2.24) is 10.2 Å². The van der Waals surface area contributed by atoms with Crippen molar-refractivity contribution in [3.05, 3.63) is 70.2 Å². The quantitative estimate of drug-likeness (QED) is 0.641. The fraction of sp³-hybridized carbons (Fsp3) is 0.211. The SMILES string of the molecule is Cc1cccc(OCCc2nnc(NC(=O)c3ccccc3C(F)(F)F)s2)c1. The first kappa shape index (κ1) is 19.8. The topological polar surface area (TPSA) is 64.1 Å². The molecule has 1 heterocycles. The van der Waals surface area contributed by atoms with Gasteiger partial charge in [0, 0.05) is 6.42 Å². The molecule has 0 saturated carbocycles. The molecule has 0 radical (unpaired) electrons. The second-order valence-electron chi connectivity index (χ2n) is 5.91. The molecule has 3 aromatic rings. The number of rotatable bonds is 6.